The fraction of sp³-hybridized carbons (Fsp3) is 0.714. The monoisotopic (exact) mass is 174 g/mol. The average Bonchev–Trinajstić information content (AvgIpc) is 2.09. The summed E-state index contributed by atoms with van der Waals surface area (Å²) in [7, 11) is 0. The van der Waals surface area contributed by atoms with Crippen LogP contribution in [0.2, 0.25) is 0 Å². The molecule has 1 atom stereocenters. The molecule has 0 aromatic rings. The highest BCUT2D eigenvalue weighted by molar-refractivity contribution is 9.10. The molecule has 0 spiro atoms. The molecule has 0 saturated heterocycles. The maximum atomic E-state index is 3.56. The summed E-state index contributed by atoms with van der Waals surface area (Å²) < 4.78 is 0. The van der Waals surface area contributed by atoms with Crippen LogP contribution in [0, 0.1) is 5.41 Å². The maximum Gasteiger partial charge on any atom is 0.0449 e. The van der Waals surface area contributed by atoms with Crippen molar-refractivity contribution >= 4 is 15.9 Å². The molecule has 1 heteroatoms. The zero-order valence-corrected chi connectivity index (χ0v) is 7.12. The van der Waals surface area contributed by atoms with E-state index in [1.54, 1.807) is 0 Å². The van der Waals surface area contributed by atoms with Gasteiger partial charge < -0.3 is 0 Å². The highest BCUT2D eigenvalue weighted by Gasteiger charge is 2.49. The average molecular weight is 175 g/mol. The highest BCUT2D eigenvalue weighted by Crippen LogP contribution is 2.56. The molecule has 1 fully saturated rings. The van der Waals surface area contributed by atoms with E-state index >= 15 is 0 Å². The smallest absolute Gasteiger partial charge is 0.0449 e. The van der Waals surface area contributed by atoms with Crippen LogP contribution in [0.3, 0.4) is 0 Å². The number of halogens is 1. The van der Waals surface area contributed by atoms with Crippen LogP contribution < -0.4 is 0 Å². The van der Waals surface area contributed by atoms with E-state index in [0.717, 1.165) is 0 Å². The lowest BCUT2D eigenvalue weighted by molar-refractivity contribution is 0.696. The first-order chi connectivity index (χ1) is 3.60. The Bertz CT molecular complexity index is 133. The fourth-order valence-corrected chi connectivity index (χ4v) is 2.03. The number of allylic oxidation sites excluding steroid dienone is 2. The van der Waals surface area contributed by atoms with Gasteiger partial charge in [-0.05, 0) is 6.92 Å². The van der Waals surface area contributed by atoms with E-state index in [-0.39, 0.29) is 0 Å². The first-order valence-corrected chi connectivity index (χ1v) is 3.83. The summed E-state index contributed by atoms with van der Waals surface area (Å²) >= 11 is 3.56. The van der Waals surface area contributed by atoms with Crippen LogP contribution in [0.4, 0.5) is 0 Å². The minimum absolute atomic E-state index is 0.453. The van der Waals surface area contributed by atoms with Gasteiger partial charge in [0.2, 0.25) is 0 Å². The van der Waals surface area contributed by atoms with Crippen molar-refractivity contribution in [1.29, 1.82) is 0 Å². The summed E-state index contributed by atoms with van der Waals surface area (Å²) in [6.07, 6.45) is 2.19. The number of alkyl halides is 1. The number of hydrogen-bond donors (Lipinski definition) is 0. The third-order valence-corrected chi connectivity index (χ3v) is 3.52. The van der Waals surface area contributed by atoms with Gasteiger partial charge in [0.05, 0.1) is 0 Å². The van der Waals surface area contributed by atoms with Crippen LogP contribution in [0.25, 0.3) is 0 Å². The van der Waals surface area contributed by atoms with Gasteiger partial charge in [0.15, 0.2) is 0 Å². The van der Waals surface area contributed by atoms with Gasteiger partial charge in [0.1, 0.15) is 0 Å². The molecule has 1 rings (SSSR count). The van der Waals surface area contributed by atoms with E-state index in [9.17, 15) is 0 Å². The topological polar surface area (TPSA) is 0 Å². The van der Waals surface area contributed by atoms with Gasteiger partial charge >= 0.3 is 0 Å². The quantitative estimate of drug-likeness (QED) is 0.392. The van der Waals surface area contributed by atoms with Gasteiger partial charge in [-0.15, -0.1) is 0 Å². The van der Waals surface area contributed by atoms with Gasteiger partial charge in [-0.2, -0.15) is 0 Å². The van der Waals surface area contributed by atoms with E-state index in [4.69, 9.17) is 0 Å². The van der Waals surface area contributed by atoms with E-state index in [1.807, 2.05) is 0 Å². The van der Waals surface area contributed by atoms with Crippen molar-refractivity contribution in [2.24, 2.45) is 5.41 Å². The van der Waals surface area contributed by atoms with Crippen molar-refractivity contribution in [2.75, 3.05) is 0 Å². The Balaban J connectivity index is 2.73. The van der Waals surface area contributed by atoms with E-state index in [1.165, 1.54) is 5.57 Å². The Hall–Kier alpha value is 0.220. The van der Waals surface area contributed by atoms with Gasteiger partial charge in [-0.1, -0.05) is 41.4 Å². The number of hydrogen-bond acceptors (Lipinski definition) is 0. The molecule has 1 aliphatic carbocycles. The first kappa shape index (κ1) is 6.34. The first-order valence-electron chi connectivity index (χ1n) is 2.91. The minimum Gasteiger partial charge on any atom is -0.0867 e. The molecule has 46 valence electrons. The Labute approximate surface area is 59.1 Å². The van der Waals surface area contributed by atoms with E-state index in [0.29, 0.717) is 10.2 Å². The second-order valence-corrected chi connectivity index (χ2v) is 3.74. The zero-order chi connectivity index (χ0) is 6.36. The summed E-state index contributed by atoms with van der Waals surface area (Å²) in [6, 6.07) is 0. The van der Waals surface area contributed by atoms with Crippen molar-refractivity contribution in [3.05, 3.63) is 11.6 Å². The van der Waals surface area contributed by atoms with E-state index in [2.05, 4.69) is 42.8 Å². The Morgan fingerprint density at radius 3 is 2.00 bits per heavy atom. The Kier molecular flexibility index (Phi) is 1.27. The molecule has 0 N–H and O–H groups in total. The molecule has 0 aromatic heterocycles. The molecule has 0 nitrogen and oxygen atoms in total. The Morgan fingerprint density at radius 2 is 2.00 bits per heavy atom. The van der Waals surface area contributed by atoms with Crippen molar-refractivity contribution in [3.63, 3.8) is 0 Å². The molecule has 8 heavy (non-hydrogen) atoms. The lowest BCUT2D eigenvalue weighted by atomic mass is 10.2. The van der Waals surface area contributed by atoms with Crippen LogP contribution in [0.5, 0.6) is 0 Å². The predicted molar refractivity (Wildman–Crippen MR) is 40.3 cm³/mol. The minimum atomic E-state index is 0.453. The van der Waals surface area contributed by atoms with Crippen LogP contribution in [0.1, 0.15) is 20.8 Å². The van der Waals surface area contributed by atoms with Crippen molar-refractivity contribution < 1.29 is 0 Å². The van der Waals surface area contributed by atoms with E-state index < -0.39 is 0 Å². The highest BCUT2D eigenvalue weighted by atomic mass is 79.9. The summed E-state index contributed by atoms with van der Waals surface area (Å²) in [4.78, 5) is 0.653. The summed E-state index contributed by atoms with van der Waals surface area (Å²) in [5.41, 5.74) is 1.99. The molecule has 0 aromatic carbocycles. The molecule has 0 heterocycles. The molecule has 0 aliphatic heterocycles. The molecule has 1 unspecified atom stereocenters. The van der Waals surface area contributed by atoms with Gasteiger partial charge in [-0.3, -0.25) is 0 Å². The third-order valence-electron chi connectivity index (χ3n) is 1.88. The van der Waals surface area contributed by atoms with Crippen LogP contribution in [-0.4, -0.2) is 4.83 Å². The zero-order valence-electron chi connectivity index (χ0n) is 5.53. The largest absolute Gasteiger partial charge is 0.0867 e. The van der Waals surface area contributed by atoms with Gasteiger partial charge in [0, 0.05) is 10.2 Å². The molecule has 0 radical (unpaired) electrons. The maximum absolute atomic E-state index is 3.56. The molecular formula is C7H11Br. The number of rotatable bonds is 0. The lowest BCUT2D eigenvalue weighted by Crippen LogP contribution is -1.84. The SMILES string of the molecule is C/C=C1\C(Br)C1(C)C. The van der Waals surface area contributed by atoms with Crippen molar-refractivity contribution in [2.45, 2.75) is 25.6 Å². The summed E-state index contributed by atoms with van der Waals surface area (Å²) in [6.45, 7) is 6.60. The van der Waals surface area contributed by atoms with Crippen molar-refractivity contribution in [1.82, 2.24) is 0 Å². The molecule has 1 saturated carbocycles. The predicted octanol–water partition coefficient (Wildman–Crippen LogP) is 2.74. The molecule has 1 aliphatic rings. The fourth-order valence-electron chi connectivity index (χ4n) is 1.04. The van der Waals surface area contributed by atoms with Crippen LogP contribution in [-0.2, 0) is 0 Å². The molecule has 0 amide bonds. The van der Waals surface area contributed by atoms with Gasteiger partial charge in [0.25, 0.3) is 0 Å². The third kappa shape index (κ3) is 0.644. The summed E-state index contributed by atoms with van der Waals surface area (Å²) in [5, 5.41) is 0. The molecule has 0 bridgehead atoms. The Morgan fingerprint density at radius 1 is 1.62 bits per heavy atom. The van der Waals surface area contributed by atoms with Crippen LogP contribution >= 0.6 is 15.9 Å². The second kappa shape index (κ2) is 1.60. The van der Waals surface area contributed by atoms with Crippen LogP contribution in [0.15, 0.2) is 11.6 Å². The standard InChI is InChI=1S/C7H11Br/c1-4-5-6(8)7(5,2)3/h4,6H,1-3H3/b5-4+. The second-order valence-electron chi connectivity index (χ2n) is 2.83. The summed E-state index contributed by atoms with van der Waals surface area (Å²) in [5.74, 6) is 0. The van der Waals surface area contributed by atoms with Crippen molar-refractivity contribution in [3.8, 4) is 0 Å². The lowest BCUT2D eigenvalue weighted by Gasteiger charge is -1.90. The molecular weight excluding hydrogens is 164 g/mol. The normalized spacial score (nSPS) is 38.0. The van der Waals surface area contributed by atoms with Gasteiger partial charge in [-0.25, -0.2) is 0 Å².